The average molecular weight is 262 g/mol. The fraction of sp³-hybridized carbons (Fsp3) is 0.308. The molecule has 6 nitrogen and oxygen atoms in total. The Labute approximate surface area is 110 Å². The predicted molar refractivity (Wildman–Crippen MR) is 66.1 cm³/mol. The number of hydrogen-bond acceptors (Lipinski definition) is 5. The molecular formula is C13H14N2O4. The van der Waals surface area contributed by atoms with Gasteiger partial charge in [-0.15, -0.1) is 0 Å². The second-order valence-electron chi connectivity index (χ2n) is 3.98. The summed E-state index contributed by atoms with van der Waals surface area (Å²) < 4.78 is 10.5. The van der Waals surface area contributed by atoms with Gasteiger partial charge in [0.1, 0.15) is 5.75 Å². The Balaban J connectivity index is 2.11. The molecule has 0 bridgehead atoms. The van der Waals surface area contributed by atoms with Crippen molar-refractivity contribution in [2.75, 3.05) is 0 Å². The minimum atomic E-state index is -0.976. The van der Waals surface area contributed by atoms with Gasteiger partial charge in [0.05, 0.1) is 5.56 Å². The number of rotatable bonds is 5. The van der Waals surface area contributed by atoms with Crippen molar-refractivity contribution in [1.29, 1.82) is 0 Å². The Bertz CT molecular complexity index is 592. The quantitative estimate of drug-likeness (QED) is 0.889. The Morgan fingerprint density at radius 2 is 2.26 bits per heavy atom. The van der Waals surface area contributed by atoms with E-state index in [0.29, 0.717) is 29.4 Å². The van der Waals surface area contributed by atoms with Gasteiger partial charge in [-0.2, -0.15) is 4.98 Å². The van der Waals surface area contributed by atoms with Crippen LogP contribution < -0.4 is 4.74 Å². The summed E-state index contributed by atoms with van der Waals surface area (Å²) in [6.07, 6.45) is 0.667. The molecule has 0 aliphatic heterocycles. The van der Waals surface area contributed by atoms with Gasteiger partial charge in [0.25, 0.3) is 0 Å². The van der Waals surface area contributed by atoms with Crippen molar-refractivity contribution in [3.05, 3.63) is 41.0 Å². The number of aromatic nitrogens is 2. The summed E-state index contributed by atoms with van der Waals surface area (Å²) in [7, 11) is 0. The zero-order valence-electron chi connectivity index (χ0n) is 10.7. The highest BCUT2D eigenvalue weighted by molar-refractivity contribution is 5.90. The van der Waals surface area contributed by atoms with E-state index in [0.717, 1.165) is 0 Å². The lowest BCUT2D eigenvalue weighted by molar-refractivity contribution is 0.0695. The molecule has 0 radical (unpaired) electrons. The Morgan fingerprint density at radius 1 is 1.47 bits per heavy atom. The standard InChI is InChI=1S/C13H14N2O4/c1-3-12-14-11(15-19-12)7-18-10-6-4-5-9(8(10)2)13(16)17/h4-6H,3,7H2,1-2H3,(H,16,17). The third-order valence-corrected chi connectivity index (χ3v) is 2.68. The first-order chi connectivity index (χ1) is 9.11. The van der Waals surface area contributed by atoms with Gasteiger partial charge < -0.3 is 14.4 Å². The highest BCUT2D eigenvalue weighted by Gasteiger charge is 2.12. The molecular weight excluding hydrogens is 248 g/mol. The molecule has 0 saturated carbocycles. The van der Waals surface area contributed by atoms with Gasteiger partial charge in [0, 0.05) is 12.0 Å². The zero-order chi connectivity index (χ0) is 13.8. The second kappa shape index (κ2) is 5.51. The van der Waals surface area contributed by atoms with E-state index in [4.69, 9.17) is 14.4 Å². The molecule has 100 valence electrons. The maximum atomic E-state index is 11.0. The van der Waals surface area contributed by atoms with Crippen LogP contribution in [0.15, 0.2) is 22.7 Å². The summed E-state index contributed by atoms with van der Waals surface area (Å²) in [6.45, 7) is 3.76. The van der Waals surface area contributed by atoms with E-state index in [-0.39, 0.29) is 12.2 Å². The molecule has 0 unspecified atom stereocenters. The fourth-order valence-corrected chi connectivity index (χ4v) is 1.64. The molecule has 0 fully saturated rings. The van der Waals surface area contributed by atoms with Crippen LogP contribution in [-0.4, -0.2) is 21.2 Å². The summed E-state index contributed by atoms with van der Waals surface area (Å²) >= 11 is 0. The van der Waals surface area contributed by atoms with Crippen molar-refractivity contribution in [3.63, 3.8) is 0 Å². The lowest BCUT2D eigenvalue weighted by atomic mass is 10.1. The first kappa shape index (κ1) is 13.1. The molecule has 0 atom stereocenters. The maximum Gasteiger partial charge on any atom is 0.336 e. The van der Waals surface area contributed by atoms with Gasteiger partial charge in [-0.05, 0) is 19.1 Å². The van der Waals surface area contributed by atoms with Crippen molar-refractivity contribution in [2.45, 2.75) is 26.9 Å². The summed E-state index contributed by atoms with van der Waals surface area (Å²) in [5, 5.41) is 12.8. The van der Waals surface area contributed by atoms with Gasteiger partial charge in [0.2, 0.25) is 11.7 Å². The number of benzene rings is 1. The van der Waals surface area contributed by atoms with Crippen molar-refractivity contribution in [3.8, 4) is 5.75 Å². The normalized spacial score (nSPS) is 10.4. The third kappa shape index (κ3) is 2.90. The van der Waals surface area contributed by atoms with Gasteiger partial charge in [-0.3, -0.25) is 0 Å². The van der Waals surface area contributed by atoms with E-state index in [1.165, 1.54) is 6.07 Å². The van der Waals surface area contributed by atoms with Crippen LogP contribution in [0.25, 0.3) is 0 Å². The number of hydrogen-bond donors (Lipinski definition) is 1. The SMILES string of the molecule is CCc1nc(COc2cccc(C(=O)O)c2C)no1. The minimum absolute atomic E-state index is 0.146. The average Bonchev–Trinajstić information content (AvgIpc) is 2.85. The molecule has 2 aromatic rings. The van der Waals surface area contributed by atoms with E-state index in [9.17, 15) is 4.79 Å². The van der Waals surface area contributed by atoms with E-state index < -0.39 is 5.97 Å². The smallest absolute Gasteiger partial charge is 0.336 e. The summed E-state index contributed by atoms with van der Waals surface area (Å²) in [5.74, 6) is 0.519. The Hall–Kier alpha value is -2.37. The maximum absolute atomic E-state index is 11.0. The molecule has 19 heavy (non-hydrogen) atoms. The molecule has 1 aromatic heterocycles. The number of aryl methyl sites for hydroxylation is 1. The van der Waals surface area contributed by atoms with Crippen LogP contribution in [0, 0.1) is 6.92 Å². The molecule has 1 N–H and O–H groups in total. The molecule has 0 saturated heterocycles. The van der Waals surface area contributed by atoms with E-state index in [2.05, 4.69) is 10.1 Å². The molecule has 0 aliphatic carbocycles. The van der Waals surface area contributed by atoms with E-state index in [1.807, 2.05) is 6.92 Å². The first-order valence-electron chi connectivity index (χ1n) is 5.89. The first-order valence-corrected chi connectivity index (χ1v) is 5.89. The summed E-state index contributed by atoms with van der Waals surface area (Å²) in [4.78, 5) is 15.1. The van der Waals surface area contributed by atoms with Gasteiger partial charge >= 0.3 is 5.97 Å². The second-order valence-corrected chi connectivity index (χ2v) is 3.98. The molecule has 2 rings (SSSR count). The summed E-state index contributed by atoms with van der Waals surface area (Å²) in [5.41, 5.74) is 0.800. The van der Waals surface area contributed by atoms with Crippen LogP contribution in [0.2, 0.25) is 0 Å². The van der Waals surface area contributed by atoms with Crippen LogP contribution >= 0.6 is 0 Å². The molecule has 1 aromatic carbocycles. The van der Waals surface area contributed by atoms with Crippen LogP contribution in [0.3, 0.4) is 0 Å². The fourth-order valence-electron chi connectivity index (χ4n) is 1.64. The number of nitrogens with zero attached hydrogens (tertiary/aromatic N) is 2. The topological polar surface area (TPSA) is 85.5 Å². The monoisotopic (exact) mass is 262 g/mol. The van der Waals surface area contributed by atoms with Gasteiger partial charge in [-0.25, -0.2) is 4.79 Å². The van der Waals surface area contributed by atoms with Gasteiger partial charge in [-0.1, -0.05) is 18.1 Å². The molecule has 0 amide bonds. The van der Waals surface area contributed by atoms with Gasteiger partial charge in [0.15, 0.2) is 6.61 Å². The van der Waals surface area contributed by atoms with Crippen molar-refractivity contribution >= 4 is 5.97 Å². The summed E-state index contributed by atoms with van der Waals surface area (Å²) in [6, 6.07) is 4.89. The molecule has 0 spiro atoms. The lowest BCUT2D eigenvalue weighted by Crippen LogP contribution is -2.04. The lowest BCUT2D eigenvalue weighted by Gasteiger charge is -2.08. The molecule has 1 heterocycles. The Morgan fingerprint density at radius 3 is 2.89 bits per heavy atom. The highest BCUT2D eigenvalue weighted by atomic mass is 16.5. The van der Waals surface area contributed by atoms with Crippen molar-refractivity contribution in [2.24, 2.45) is 0 Å². The largest absolute Gasteiger partial charge is 0.485 e. The van der Waals surface area contributed by atoms with Crippen molar-refractivity contribution < 1.29 is 19.2 Å². The molecule has 6 heteroatoms. The van der Waals surface area contributed by atoms with E-state index in [1.54, 1.807) is 19.1 Å². The highest BCUT2D eigenvalue weighted by Crippen LogP contribution is 2.22. The van der Waals surface area contributed by atoms with Crippen molar-refractivity contribution in [1.82, 2.24) is 10.1 Å². The van der Waals surface area contributed by atoms with Crippen LogP contribution in [0.1, 0.15) is 34.6 Å². The zero-order valence-corrected chi connectivity index (χ0v) is 10.7. The number of carboxylic acids is 1. The number of ether oxygens (including phenoxy) is 1. The number of carbonyl (C=O) groups is 1. The minimum Gasteiger partial charge on any atom is -0.485 e. The predicted octanol–water partition coefficient (Wildman–Crippen LogP) is 2.22. The van der Waals surface area contributed by atoms with E-state index >= 15 is 0 Å². The van der Waals surface area contributed by atoms with Crippen LogP contribution in [0.5, 0.6) is 5.75 Å². The number of carboxylic acid groups (broad SMARTS) is 1. The molecule has 0 aliphatic rings. The third-order valence-electron chi connectivity index (χ3n) is 2.68. The Kier molecular flexibility index (Phi) is 3.79. The number of aromatic carboxylic acids is 1. The van der Waals surface area contributed by atoms with Crippen LogP contribution in [0.4, 0.5) is 0 Å². The van der Waals surface area contributed by atoms with Crippen LogP contribution in [-0.2, 0) is 13.0 Å².